The van der Waals surface area contributed by atoms with Gasteiger partial charge in [0.2, 0.25) is 0 Å². The maximum atomic E-state index is 5.71. The number of ether oxygens (including phenoxy) is 1. The van der Waals surface area contributed by atoms with E-state index in [9.17, 15) is 0 Å². The van der Waals surface area contributed by atoms with Crippen molar-refractivity contribution < 1.29 is 4.74 Å². The molecule has 0 aliphatic carbocycles. The fraction of sp³-hybridized carbons (Fsp3) is 0.600. The van der Waals surface area contributed by atoms with Crippen LogP contribution in [0.4, 0.5) is 0 Å². The van der Waals surface area contributed by atoms with Crippen molar-refractivity contribution in [2.75, 3.05) is 26.2 Å². The maximum Gasteiger partial charge on any atom is 0.119 e. The van der Waals surface area contributed by atoms with E-state index in [0.29, 0.717) is 0 Å². The molecule has 0 atom stereocenters. The van der Waals surface area contributed by atoms with Gasteiger partial charge in [0.15, 0.2) is 0 Å². The molecule has 0 bridgehead atoms. The molecule has 0 amide bonds. The van der Waals surface area contributed by atoms with Gasteiger partial charge in [0.25, 0.3) is 0 Å². The minimum absolute atomic E-state index is 0. The van der Waals surface area contributed by atoms with E-state index in [1.54, 1.807) is 0 Å². The minimum Gasteiger partial charge on any atom is -0.494 e. The first-order valence-corrected chi connectivity index (χ1v) is 6.96. The second-order valence-electron chi connectivity index (χ2n) is 5.03. The number of nitrogens with zero attached hydrogens (tertiary/aromatic N) is 1. The van der Waals surface area contributed by atoms with E-state index >= 15 is 0 Å². The molecule has 1 aliphatic rings. The summed E-state index contributed by atoms with van der Waals surface area (Å²) in [5.74, 6) is 1.70. The van der Waals surface area contributed by atoms with Gasteiger partial charge in [0, 0.05) is 6.54 Å². The van der Waals surface area contributed by atoms with Crippen LogP contribution < -0.4 is 10.5 Å². The number of hydrogen-bond acceptors (Lipinski definition) is 3. The number of benzene rings is 1. The summed E-state index contributed by atoms with van der Waals surface area (Å²) in [5.41, 5.74) is 7.08. The average molecular weight is 285 g/mol. The lowest BCUT2D eigenvalue weighted by Crippen LogP contribution is -2.35. The minimum atomic E-state index is 0. The van der Waals surface area contributed by atoms with E-state index in [1.165, 1.54) is 31.5 Å². The molecule has 2 rings (SSSR count). The molecule has 3 nitrogen and oxygen atoms in total. The first kappa shape index (κ1) is 16.3. The molecule has 0 spiro atoms. The second-order valence-corrected chi connectivity index (χ2v) is 5.03. The number of piperidine rings is 1. The monoisotopic (exact) mass is 284 g/mol. The summed E-state index contributed by atoms with van der Waals surface area (Å²) < 4.78 is 5.45. The lowest BCUT2D eigenvalue weighted by Gasteiger charge is -2.31. The zero-order chi connectivity index (χ0) is 12.8. The molecule has 4 heteroatoms. The average Bonchev–Trinajstić information content (AvgIpc) is 2.42. The predicted molar refractivity (Wildman–Crippen MR) is 81.9 cm³/mol. The van der Waals surface area contributed by atoms with Gasteiger partial charge in [0.1, 0.15) is 5.75 Å². The van der Waals surface area contributed by atoms with Crippen LogP contribution in [0.1, 0.15) is 25.3 Å². The van der Waals surface area contributed by atoms with Crippen molar-refractivity contribution in [3.8, 4) is 5.75 Å². The van der Waals surface area contributed by atoms with E-state index in [0.717, 1.165) is 31.4 Å². The van der Waals surface area contributed by atoms with E-state index < -0.39 is 0 Å². The third-order valence-electron chi connectivity index (χ3n) is 3.68. The molecule has 1 heterocycles. The molecule has 2 N–H and O–H groups in total. The molecule has 1 aromatic rings. The second kappa shape index (κ2) is 8.41. The highest BCUT2D eigenvalue weighted by atomic mass is 35.5. The Labute approximate surface area is 122 Å². The van der Waals surface area contributed by atoms with E-state index in [1.807, 2.05) is 6.92 Å². The molecule has 0 saturated carbocycles. The van der Waals surface area contributed by atoms with Crippen LogP contribution in [0.3, 0.4) is 0 Å². The summed E-state index contributed by atoms with van der Waals surface area (Å²) in [7, 11) is 0. The van der Waals surface area contributed by atoms with Crippen LogP contribution in [0.25, 0.3) is 0 Å². The van der Waals surface area contributed by atoms with E-state index in [2.05, 4.69) is 29.2 Å². The van der Waals surface area contributed by atoms with Gasteiger partial charge in [-0.2, -0.15) is 0 Å². The van der Waals surface area contributed by atoms with Gasteiger partial charge >= 0.3 is 0 Å². The smallest absolute Gasteiger partial charge is 0.119 e. The molecule has 1 saturated heterocycles. The summed E-state index contributed by atoms with van der Waals surface area (Å²) in [6.07, 6.45) is 2.49. The van der Waals surface area contributed by atoms with Crippen molar-refractivity contribution in [2.45, 2.75) is 26.3 Å². The quantitative estimate of drug-likeness (QED) is 0.903. The molecule has 0 aromatic heterocycles. The van der Waals surface area contributed by atoms with Crippen LogP contribution in [0.5, 0.6) is 5.75 Å². The molecular formula is C15H25ClN2O. The summed E-state index contributed by atoms with van der Waals surface area (Å²) in [4.78, 5) is 2.52. The zero-order valence-corrected chi connectivity index (χ0v) is 12.5. The lowest BCUT2D eigenvalue weighted by atomic mass is 9.97. The number of rotatable bonds is 5. The van der Waals surface area contributed by atoms with E-state index in [4.69, 9.17) is 10.5 Å². The SMILES string of the molecule is CCOc1ccc(CN2CCC(CN)CC2)cc1.Cl. The molecule has 19 heavy (non-hydrogen) atoms. The molecular weight excluding hydrogens is 260 g/mol. The molecule has 0 unspecified atom stereocenters. The molecule has 108 valence electrons. The normalized spacial score (nSPS) is 16.9. The Balaban J connectivity index is 0.00000180. The summed E-state index contributed by atoms with van der Waals surface area (Å²) in [5, 5.41) is 0. The number of likely N-dealkylation sites (tertiary alicyclic amines) is 1. The largest absolute Gasteiger partial charge is 0.494 e. The van der Waals surface area contributed by atoms with Crippen molar-refractivity contribution in [1.29, 1.82) is 0 Å². The summed E-state index contributed by atoms with van der Waals surface area (Å²) in [6, 6.07) is 8.46. The Kier molecular flexibility index (Phi) is 7.21. The lowest BCUT2D eigenvalue weighted by molar-refractivity contribution is 0.180. The Morgan fingerprint density at radius 2 is 1.84 bits per heavy atom. The fourth-order valence-electron chi connectivity index (χ4n) is 2.50. The van der Waals surface area contributed by atoms with Gasteiger partial charge in [-0.15, -0.1) is 12.4 Å². The first-order valence-electron chi connectivity index (χ1n) is 6.96. The Bertz CT molecular complexity index is 348. The highest BCUT2D eigenvalue weighted by Crippen LogP contribution is 2.19. The highest BCUT2D eigenvalue weighted by Gasteiger charge is 2.17. The Morgan fingerprint density at radius 1 is 1.21 bits per heavy atom. The third-order valence-corrected chi connectivity index (χ3v) is 3.68. The first-order chi connectivity index (χ1) is 8.81. The predicted octanol–water partition coefficient (Wildman–Crippen LogP) is 2.68. The van der Waals surface area contributed by atoms with Crippen LogP contribution >= 0.6 is 12.4 Å². The van der Waals surface area contributed by atoms with Crippen LogP contribution in [0.15, 0.2) is 24.3 Å². The highest BCUT2D eigenvalue weighted by molar-refractivity contribution is 5.85. The summed E-state index contributed by atoms with van der Waals surface area (Å²) in [6.45, 7) is 6.98. The zero-order valence-electron chi connectivity index (χ0n) is 11.7. The Hall–Kier alpha value is -0.770. The molecule has 1 aromatic carbocycles. The van der Waals surface area contributed by atoms with Gasteiger partial charge in [-0.1, -0.05) is 12.1 Å². The maximum absolute atomic E-state index is 5.71. The third kappa shape index (κ3) is 5.01. The van der Waals surface area contributed by atoms with Crippen molar-refractivity contribution in [3.05, 3.63) is 29.8 Å². The van der Waals surface area contributed by atoms with Crippen molar-refractivity contribution in [1.82, 2.24) is 4.90 Å². The van der Waals surface area contributed by atoms with Crippen molar-refractivity contribution in [2.24, 2.45) is 11.7 Å². The number of nitrogens with two attached hydrogens (primary N) is 1. The molecule has 1 aliphatic heterocycles. The van der Waals surface area contributed by atoms with Gasteiger partial charge < -0.3 is 10.5 Å². The Morgan fingerprint density at radius 3 is 2.37 bits per heavy atom. The van der Waals surface area contributed by atoms with Gasteiger partial charge in [-0.05, 0) is 63.0 Å². The number of hydrogen-bond donors (Lipinski definition) is 1. The standard InChI is InChI=1S/C15H24N2O.ClH/c1-2-18-15-5-3-14(4-6-15)12-17-9-7-13(11-16)8-10-17;/h3-6,13H,2,7-12,16H2,1H3;1H. The molecule has 0 radical (unpaired) electrons. The van der Waals surface area contributed by atoms with Crippen molar-refractivity contribution >= 4 is 12.4 Å². The van der Waals surface area contributed by atoms with Crippen LogP contribution in [0.2, 0.25) is 0 Å². The van der Waals surface area contributed by atoms with Gasteiger partial charge in [-0.25, -0.2) is 0 Å². The van der Waals surface area contributed by atoms with Crippen LogP contribution in [-0.4, -0.2) is 31.1 Å². The van der Waals surface area contributed by atoms with Gasteiger partial charge in [0.05, 0.1) is 6.61 Å². The van der Waals surface area contributed by atoms with Crippen LogP contribution in [-0.2, 0) is 6.54 Å². The van der Waals surface area contributed by atoms with Crippen molar-refractivity contribution in [3.63, 3.8) is 0 Å². The summed E-state index contributed by atoms with van der Waals surface area (Å²) >= 11 is 0. The number of halogens is 1. The fourth-order valence-corrected chi connectivity index (χ4v) is 2.50. The van der Waals surface area contributed by atoms with Gasteiger partial charge in [-0.3, -0.25) is 4.90 Å². The van der Waals surface area contributed by atoms with E-state index in [-0.39, 0.29) is 12.4 Å². The van der Waals surface area contributed by atoms with Crippen LogP contribution in [0, 0.1) is 5.92 Å². The molecule has 1 fully saturated rings. The topological polar surface area (TPSA) is 38.5 Å².